The lowest BCUT2D eigenvalue weighted by molar-refractivity contribution is -0.138. The predicted molar refractivity (Wildman–Crippen MR) is 108 cm³/mol. The van der Waals surface area contributed by atoms with Crippen LogP contribution in [-0.4, -0.2) is 41.1 Å². The van der Waals surface area contributed by atoms with E-state index in [1.165, 1.54) is 18.3 Å². The fraction of sp³-hybridized carbons (Fsp3) is 0.400. The number of nitrogens with zero attached hydrogens (tertiary/aromatic N) is 2. The number of alkyl halides is 3. The van der Waals surface area contributed by atoms with Crippen molar-refractivity contribution < 1.29 is 37.0 Å². The van der Waals surface area contributed by atoms with Crippen molar-refractivity contribution in [1.29, 1.82) is 0 Å². The third-order valence-electron chi connectivity index (χ3n) is 3.57. The molecule has 2 N–H and O–H groups in total. The van der Waals surface area contributed by atoms with Crippen LogP contribution in [0.25, 0.3) is 11.3 Å². The highest BCUT2D eigenvalue weighted by Gasteiger charge is 2.35. The van der Waals surface area contributed by atoms with E-state index in [0.717, 1.165) is 12.1 Å². The van der Waals surface area contributed by atoms with Crippen LogP contribution in [0.2, 0.25) is 0 Å². The number of anilines is 1. The van der Waals surface area contributed by atoms with Gasteiger partial charge in [0.15, 0.2) is 6.73 Å². The molecule has 0 aliphatic carbocycles. The molecule has 2 amide bonds. The third kappa shape index (κ3) is 7.60. The van der Waals surface area contributed by atoms with Gasteiger partial charge in [0.05, 0.1) is 17.9 Å². The van der Waals surface area contributed by atoms with Crippen molar-refractivity contribution in [2.45, 2.75) is 39.5 Å². The molecule has 0 saturated heterocycles. The first-order valence-corrected chi connectivity index (χ1v) is 9.47. The molecule has 0 bridgehead atoms. The van der Waals surface area contributed by atoms with Crippen molar-refractivity contribution in [3.05, 3.63) is 36.0 Å². The maximum atomic E-state index is 13.6. The van der Waals surface area contributed by atoms with Crippen LogP contribution in [0.4, 0.5) is 28.7 Å². The zero-order valence-corrected chi connectivity index (χ0v) is 17.9. The number of hydrogen-bond acceptors (Lipinski definition) is 7. The number of carbonyl (C=O) groups excluding carboxylic acids is 2. The number of benzene rings is 1. The van der Waals surface area contributed by atoms with E-state index in [1.54, 1.807) is 27.7 Å². The van der Waals surface area contributed by atoms with Gasteiger partial charge in [-0.05, 0) is 52.0 Å². The summed E-state index contributed by atoms with van der Waals surface area (Å²) in [5.41, 5.74) is -1.59. The number of nitrogens with one attached hydrogen (secondary N) is 2. The lowest BCUT2D eigenvalue weighted by atomic mass is 10.1. The smallest absolute Gasteiger partial charge is 0.419 e. The largest absolute Gasteiger partial charge is 0.473 e. The average Bonchev–Trinajstić information content (AvgIpc) is 2.66. The summed E-state index contributed by atoms with van der Waals surface area (Å²) in [6, 6.07) is 4.69. The van der Waals surface area contributed by atoms with E-state index in [-0.39, 0.29) is 23.8 Å². The van der Waals surface area contributed by atoms with Crippen molar-refractivity contribution in [1.82, 2.24) is 15.3 Å². The predicted octanol–water partition coefficient (Wildman–Crippen LogP) is 4.59. The maximum absolute atomic E-state index is 13.6. The first kappa shape index (κ1) is 24.7. The highest BCUT2D eigenvalue weighted by molar-refractivity contribution is 5.82. The lowest BCUT2D eigenvalue weighted by Gasteiger charge is -2.20. The van der Waals surface area contributed by atoms with Crippen molar-refractivity contribution in [3.8, 4) is 17.0 Å². The Hall–Kier alpha value is -3.57. The summed E-state index contributed by atoms with van der Waals surface area (Å²) in [6.07, 6.45) is -5.07. The van der Waals surface area contributed by atoms with Gasteiger partial charge in [-0.1, -0.05) is 0 Å². The van der Waals surface area contributed by atoms with E-state index in [4.69, 9.17) is 14.2 Å². The summed E-state index contributed by atoms with van der Waals surface area (Å²) in [6.45, 7) is 6.16. The number of aromatic nitrogens is 2. The Balaban J connectivity index is 2.20. The second-order valence-electron chi connectivity index (χ2n) is 7.29. The summed E-state index contributed by atoms with van der Waals surface area (Å²) in [7, 11) is 0. The molecule has 2 rings (SSSR count). The molecule has 0 aliphatic rings. The molecule has 0 atom stereocenters. The first-order chi connectivity index (χ1) is 14.9. The van der Waals surface area contributed by atoms with Gasteiger partial charge in [0.1, 0.15) is 11.4 Å². The molecule has 0 saturated carbocycles. The van der Waals surface area contributed by atoms with Gasteiger partial charge in [0.25, 0.3) is 0 Å². The fourth-order valence-corrected chi connectivity index (χ4v) is 2.36. The molecule has 174 valence electrons. The van der Waals surface area contributed by atoms with E-state index in [1.807, 2.05) is 0 Å². The SMILES string of the molecule is CCOC(=O)Nc1nccc(-c2ccc(OCNC(=O)OC(C)(C)C)c(C(F)(F)F)c2)n1. The van der Waals surface area contributed by atoms with E-state index in [9.17, 15) is 22.8 Å². The Labute approximate surface area is 182 Å². The molecule has 32 heavy (non-hydrogen) atoms. The number of rotatable bonds is 6. The maximum Gasteiger partial charge on any atom is 0.419 e. The molecule has 9 nitrogen and oxygen atoms in total. The number of halogens is 3. The Morgan fingerprint density at radius 2 is 1.81 bits per heavy atom. The van der Waals surface area contributed by atoms with E-state index in [2.05, 4.69) is 20.6 Å². The van der Waals surface area contributed by atoms with Crippen molar-refractivity contribution in [3.63, 3.8) is 0 Å². The van der Waals surface area contributed by atoms with Crippen LogP contribution >= 0.6 is 0 Å². The van der Waals surface area contributed by atoms with Crippen molar-refractivity contribution in [2.75, 3.05) is 18.7 Å². The van der Waals surface area contributed by atoms with E-state index in [0.29, 0.717) is 0 Å². The Kier molecular flexibility index (Phi) is 7.84. The van der Waals surface area contributed by atoms with Crippen molar-refractivity contribution in [2.24, 2.45) is 0 Å². The van der Waals surface area contributed by atoms with Crippen LogP contribution in [0.15, 0.2) is 30.5 Å². The van der Waals surface area contributed by atoms with Crippen LogP contribution in [0.1, 0.15) is 33.3 Å². The fourth-order valence-electron chi connectivity index (χ4n) is 2.36. The minimum Gasteiger partial charge on any atom is -0.473 e. The minimum atomic E-state index is -4.74. The molecule has 1 aromatic heterocycles. The molecule has 0 fully saturated rings. The normalized spacial score (nSPS) is 11.5. The van der Waals surface area contributed by atoms with Gasteiger partial charge in [0.2, 0.25) is 5.95 Å². The van der Waals surface area contributed by atoms with Gasteiger partial charge in [-0.2, -0.15) is 13.2 Å². The number of alkyl carbamates (subject to hydrolysis) is 1. The summed E-state index contributed by atoms with van der Waals surface area (Å²) in [5, 5.41) is 4.51. The van der Waals surface area contributed by atoms with Gasteiger partial charge >= 0.3 is 18.4 Å². The molecule has 0 spiro atoms. The second-order valence-corrected chi connectivity index (χ2v) is 7.29. The average molecular weight is 456 g/mol. The molecule has 1 heterocycles. The van der Waals surface area contributed by atoms with Crippen LogP contribution in [0, 0.1) is 0 Å². The quantitative estimate of drug-likeness (QED) is 0.612. The van der Waals surface area contributed by atoms with Gasteiger partial charge in [0, 0.05) is 11.8 Å². The minimum absolute atomic E-state index is 0.110. The van der Waals surface area contributed by atoms with Crippen LogP contribution in [0.5, 0.6) is 5.75 Å². The lowest BCUT2D eigenvalue weighted by Crippen LogP contribution is -2.34. The Bertz CT molecular complexity index is 961. The Morgan fingerprint density at radius 1 is 1.09 bits per heavy atom. The summed E-state index contributed by atoms with van der Waals surface area (Å²) < 4.78 is 55.6. The number of ether oxygens (including phenoxy) is 3. The number of amides is 2. The number of hydrogen-bond donors (Lipinski definition) is 2. The molecule has 0 unspecified atom stereocenters. The van der Waals surface area contributed by atoms with E-state index < -0.39 is 42.0 Å². The van der Waals surface area contributed by atoms with E-state index >= 15 is 0 Å². The molecule has 12 heteroatoms. The monoisotopic (exact) mass is 456 g/mol. The second kappa shape index (κ2) is 10.2. The van der Waals surface area contributed by atoms with Gasteiger partial charge in [-0.15, -0.1) is 0 Å². The standard InChI is InChI=1S/C20H23F3N4O5/c1-5-30-18(29)27-16-24-9-8-14(26-16)12-6-7-15(13(10-12)20(21,22)23)31-11-25-17(28)32-19(2,3)4/h6-10H,5,11H2,1-4H3,(H,25,28)(H,24,26,27,29). The molecule has 2 aromatic rings. The molecular weight excluding hydrogens is 433 g/mol. The van der Waals surface area contributed by atoms with Gasteiger partial charge in [-0.25, -0.2) is 19.6 Å². The molecule has 1 aromatic carbocycles. The number of carbonyl (C=O) groups is 2. The van der Waals surface area contributed by atoms with Gasteiger partial charge in [-0.3, -0.25) is 10.6 Å². The zero-order valence-electron chi connectivity index (χ0n) is 17.9. The zero-order chi connectivity index (χ0) is 23.9. The van der Waals surface area contributed by atoms with Crippen LogP contribution < -0.4 is 15.4 Å². The highest BCUT2D eigenvalue weighted by atomic mass is 19.4. The van der Waals surface area contributed by atoms with Crippen LogP contribution in [-0.2, 0) is 15.7 Å². The van der Waals surface area contributed by atoms with Crippen molar-refractivity contribution >= 4 is 18.1 Å². The first-order valence-electron chi connectivity index (χ1n) is 9.47. The molecular formula is C20H23F3N4O5. The van der Waals surface area contributed by atoms with Gasteiger partial charge < -0.3 is 14.2 Å². The summed E-state index contributed by atoms with van der Waals surface area (Å²) in [4.78, 5) is 31.0. The third-order valence-corrected chi connectivity index (χ3v) is 3.57. The molecule has 0 aliphatic heterocycles. The molecule has 0 radical (unpaired) electrons. The topological polar surface area (TPSA) is 112 Å². The summed E-state index contributed by atoms with van der Waals surface area (Å²) >= 11 is 0. The summed E-state index contributed by atoms with van der Waals surface area (Å²) in [5.74, 6) is -0.618. The highest BCUT2D eigenvalue weighted by Crippen LogP contribution is 2.38. The Morgan fingerprint density at radius 3 is 2.44 bits per heavy atom. The van der Waals surface area contributed by atoms with Crippen LogP contribution in [0.3, 0.4) is 0 Å².